The van der Waals surface area contributed by atoms with Gasteiger partial charge in [-0.2, -0.15) is 5.26 Å². The van der Waals surface area contributed by atoms with E-state index < -0.39 is 5.97 Å². The summed E-state index contributed by atoms with van der Waals surface area (Å²) in [5, 5.41) is 18.1. The van der Waals surface area contributed by atoms with Crippen LogP contribution in [0.5, 0.6) is 0 Å². The van der Waals surface area contributed by atoms with Crippen LogP contribution in [0.3, 0.4) is 0 Å². The van der Waals surface area contributed by atoms with Crippen LogP contribution in [0.4, 0.5) is 11.4 Å². The number of carbonyl (C=O) groups is 1. The van der Waals surface area contributed by atoms with Gasteiger partial charge in [-0.15, -0.1) is 11.3 Å². The summed E-state index contributed by atoms with van der Waals surface area (Å²) in [6.45, 7) is 5.54. The Morgan fingerprint density at radius 3 is 2.63 bits per heavy atom. The number of aliphatic carboxylic acids is 1. The molecule has 0 spiro atoms. The number of rotatable bonds is 4. The maximum atomic E-state index is 11.1. The topological polar surface area (TPSA) is 64.3 Å². The Bertz CT molecular complexity index is 1170. The van der Waals surface area contributed by atoms with Gasteiger partial charge < -0.3 is 10.0 Å². The Hall–Kier alpha value is -3.36. The predicted molar refractivity (Wildman–Crippen MR) is 122 cm³/mol. The van der Waals surface area contributed by atoms with E-state index in [4.69, 9.17) is 10.4 Å². The first-order valence-corrected chi connectivity index (χ1v) is 10.6. The van der Waals surface area contributed by atoms with Crippen molar-refractivity contribution >= 4 is 34.8 Å². The van der Waals surface area contributed by atoms with Gasteiger partial charge in [0.15, 0.2) is 0 Å². The lowest BCUT2D eigenvalue weighted by molar-refractivity contribution is -0.132. The van der Waals surface area contributed by atoms with Crippen LogP contribution in [0.1, 0.15) is 30.7 Å². The summed E-state index contributed by atoms with van der Waals surface area (Å²) in [4.78, 5) is 15.3. The maximum absolute atomic E-state index is 11.1. The number of hydrogen-bond acceptors (Lipinski definition) is 4. The quantitative estimate of drug-likeness (QED) is 0.406. The molecule has 1 aliphatic heterocycles. The Morgan fingerprint density at radius 2 is 1.93 bits per heavy atom. The first kappa shape index (κ1) is 19.9. The van der Waals surface area contributed by atoms with E-state index in [2.05, 4.69) is 61.2 Å². The second-order valence-corrected chi connectivity index (χ2v) is 9.15. The molecule has 0 saturated heterocycles. The van der Waals surface area contributed by atoms with Gasteiger partial charge in [-0.3, -0.25) is 0 Å². The van der Waals surface area contributed by atoms with Crippen molar-refractivity contribution in [3.63, 3.8) is 0 Å². The van der Waals surface area contributed by atoms with Crippen molar-refractivity contribution in [2.45, 2.75) is 25.7 Å². The molecule has 4 nitrogen and oxygen atoms in total. The predicted octanol–water partition coefficient (Wildman–Crippen LogP) is 6.23. The number of benzene rings is 2. The van der Waals surface area contributed by atoms with E-state index >= 15 is 0 Å². The molecule has 1 aliphatic rings. The summed E-state index contributed by atoms with van der Waals surface area (Å²) in [7, 11) is 0. The van der Waals surface area contributed by atoms with Crippen molar-refractivity contribution in [2.24, 2.45) is 0 Å². The largest absolute Gasteiger partial charge is 0.477 e. The number of para-hydroxylation sites is 1. The highest BCUT2D eigenvalue weighted by Gasteiger charge is 2.32. The van der Waals surface area contributed by atoms with E-state index in [1.807, 2.05) is 18.2 Å². The molecule has 2 heterocycles. The Balaban J connectivity index is 1.73. The number of anilines is 2. The first-order chi connectivity index (χ1) is 14.4. The third-order valence-electron chi connectivity index (χ3n) is 5.59. The van der Waals surface area contributed by atoms with Gasteiger partial charge in [-0.25, -0.2) is 4.79 Å². The molecule has 0 radical (unpaired) electrons. The highest BCUT2D eigenvalue weighted by Crippen LogP contribution is 2.45. The minimum Gasteiger partial charge on any atom is -0.477 e. The average molecular weight is 415 g/mol. The van der Waals surface area contributed by atoms with Gasteiger partial charge in [0.2, 0.25) is 0 Å². The van der Waals surface area contributed by atoms with Gasteiger partial charge in [0.1, 0.15) is 11.6 Å². The van der Waals surface area contributed by atoms with Gasteiger partial charge in [0.25, 0.3) is 0 Å². The van der Waals surface area contributed by atoms with Gasteiger partial charge in [-0.05, 0) is 65.4 Å². The normalized spacial score (nSPS) is 15.4. The van der Waals surface area contributed by atoms with Crippen LogP contribution in [0.25, 0.3) is 16.5 Å². The second-order valence-electron chi connectivity index (χ2n) is 8.03. The molecule has 0 atom stereocenters. The molecule has 0 amide bonds. The molecule has 2 aromatic carbocycles. The Kier molecular flexibility index (Phi) is 5.19. The molecule has 0 saturated carbocycles. The molecule has 1 N–H and O–H groups in total. The van der Waals surface area contributed by atoms with Gasteiger partial charge in [0.05, 0.1) is 0 Å². The van der Waals surface area contributed by atoms with E-state index in [0.29, 0.717) is 0 Å². The monoisotopic (exact) mass is 414 g/mol. The number of hydrogen-bond donors (Lipinski definition) is 1. The highest BCUT2D eigenvalue weighted by atomic mass is 32.1. The molecular weight excluding hydrogens is 392 g/mol. The average Bonchev–Trinajstić information content (AvgIpc) is 3.21. The first-order valence-electron chi connectivity index (χ1n) is 9.81. The van der Waals surface area contributed by atoms with Crippen LogP contribution < -0.4 is 4.90 Å². The zero-order valence-corrected chi connectivity index (χ0v) is 17.7. The lowest BCUT2D eigenvalue weighted by atomic mass is 9.77. The van der Waals surface area contributed by atoms with E-state index in [1.54, 1.807) is 6.07 Å². The lowest BCUT2D eigenvalue weighted by Gasteiger charge is -2.40. The molecule has 0 aliphatic carbocycles. The van der Waals surface area contributed by atoms with Crippen LogP contribution in [-0.4, -0.2) is 17.6 Å². The van der Waals surface area contributed by atoms with E-state index in [1.165, 1.54) is 34.4 Å². The third-order valence-corrected chi connectivity index (χ3v) is 6.67. The smallest absolute Gasteiger partial charge is 0.346 e. The fraction of sp³-hybridized carbons (Fsp3) is 0.200. The summed E-state index contributed by atoms with van der Waals surface area (Å²) in [6, 6.07) is 22.6. The number of carboxylic acids is 1. The van der Waals surface area contributed by atoms with Crippen molar-refractivity contribution in [1.29, 1.82) is 5.26 Å². The van der Waals surface area contributed by atoms with Gasteiger partial charge >= 0.3 is 5.97 Å². The summed E-state index contributed by atoms with van der Waals surface area (Å²) in [5.41, 5.74) is 4.65. The van der Waals surface area contributed by atoms with Crippen LogP contribution >= 0.6 is 11.3 Å². The van der Waals surface area contributed by atoms with Crippen LogP contribution in [-0.2, 0) is 10.2 Å². The summed E-state index contributed by atoms with van der Waals surface area (Å²) < 4.78 is 0. The fourth-order valence-corrected chi connectivity index (χ4v) is 4.81. The van der Waals surface area contributed by atoms with Gasteiger partial charge in [-0.1, -0.05) is 38.1 Å². The van der Waals surface area contributed by atoms with Crippen molar-refractivity contribution in [3.05, 3.63) is 76.7 Å². The molecular formula is C25H22N2O2S. The van der Waals surface area contributed by atoms with Crippen LogP contribution in [0.2, 0.25) is 0 Å². The van der Waals surface area contributed by atoms with Crippen molar-refractivity contribution < 1.29 is 9.90 Å². The second kappa shape index (κ2) is 7.81. The molecule has 1 aromatic heterocycles. The molecule has 0 bridgehead atoms. The molecule has 0 unspecified atom stereocenters. The number of fused-ring (bicyclic) bond motifs is 1. The van der Waals surface area contributed by atoms with E-state index in [9.17, 15) is 4.79 Å². The van der Waals surface area contributed by atoms with Crippen molar-refractivity contribution in [3.8, 4) is 16.5 Å². The summed E-state index contributed by atoms with van der Waals surface area (Å²) in [6.07, 6.45) is 2.48. The minimum atomic E-state index is -1.20. The standard InChI is InChI=1S/C25H22N2O2S/c1-25(2)12-13-27(19-6-4-3-5-7-19)22-10-8-17(15-21(22)25)23-11-9-20(30-23)14-18(16-26)24(28)29/h3-11,14-15H,12-13H2,1-2H3,(H,28,29)/b18-14+. The zero-order valence-electron chi connectivity index (χ0n) is 16.9. The van der Waals surface area contributed by atoms with Gasteiger partial charge in [0, 0.05) is 27.7 Å². The van der Waals surface area contributed by atoms with E-state index in [0.717, 1.165) is 28.3 Å². The van der Waals surface area contributed by atoms with Crippen LogP contribution in [0, 0.1) is 11.3 Å². The molecule has 150 valence electrons. The Morgan fingerprint density at radius 1 is 1.17 bits per heavy atom. The number of nitriles is 1. The number of carboxylic acid groups (broad SMARTS) is 1. The van der Waals surface area contributed by atoms with Crippen molar-refractivity contribution in [2.75, 3.05) is 11.4 Å². The van der Waals surface area contributed by atoms with Crippen molar-refractivity contribution in [1.82, 2.24) is 0 Å². The molecule has 3 aromatic rings. The maximum Gasteiger partial charge on any atom is 0.346 e. The summed E-state index contributed by atoms with van der Waals surface area (Å²) in [5.74, 6) is -1.20. The number of nitrogens with zero attached hydrogens (tertiary/aromatic N) is 2. The zero-order chi connectivity index (χ0) is 21.3. The molecule has 0 fully saturated rings. The SMILES string of the molecule is CC1(C)CCN(c2ccccc2)c2ccc(-c3ccc(/C=C(\C#N)C(=O)O)s3)cc21. The minimum absolute atomic E-state index is 0.0634. The number of thiophene rings is 1. The fourth-order valence-electron chi connectivity index (χ4n) is 3.86. The molecule has 5 heteroatoms. The third kappa shape index (κ3) is 3.74. The van der Waals surface area contributed by atoms with Crippen LogP contribution in [0.15, 0.2) is 66.2 Å². The summed E-state index contributed by atoms with van der Waals surface area (Å²) >= 11 is 1.49. The Labute approximate surface area is 180 Å². The highest BCUT2D eigenvalue weighted by molar-refractivity contribution is 7.16. The lowest BCUT2D eigenvalue weighted by Crippen LogP contribution is -2.34. The molecule has 30 heavy (non-hydrogen) atoms. The van der Waals surface area contributed by atoms with E-state index in [-0.39, 0.29) is 11.0 Å². The molecule has 4 rings (SSSR count).